The minimum Gasteiger partial charge on any atom is -0.368 e. The standard InChI is InChI=1S/C36H45N5/c1-4-28(2)41-29(3)40(27-37-41)36-20-18-35(19-21-36)39-24-22-38(23-25-39)34-16-13-30(14-17-34)10-11-31-12-15-33(26-31)32-8-6-5-7-9-32/h5-9,13-14,16-21,27-28,31,33H,3-4,10-12,15,22-26H2,1-2H3/t28?,31-,33?/m1/s1. The van der Waals surface area contributed by atoms with Crippen molar-refractivity contribution in [2.45, 2.75) is 64.3 Å². The van der Waals surface area contributed by atoms with Crippen LogP contribution in [0.2, 0.25) is 0 Å². The van der Waals surface area contributed by atoms with Gasteiger partial charge in [-0.15, -0.1) is 0 Å². The van der Waals surface area contributed by atoms with Crippen LogP contribution in [0.4, 0.5) is 17.1 Å². The van der Waals surface area contributed by atoms with E-state index in [1.165, 1.54) is 54.6 Å². The monoisotopic (exact) mass is 547 g/mol. The fourth-order valence-corrected chi connectivity index (χ4v) is 6.76. The van der Waals surface area contributed by atoms with Gasteiger partial charge in [0, 0.05) is 43.2 Å². The summed E-state index contributed by atoms with van der Waals surface area (Å²) in [7, 11) is 0. The molecule has 1 saturated heterocycles. The molecule has 1 saturated carbocycles. The Morgan fingerprint density at radius 3 is 2.05 bits per heavy atom. The van der Waals surface area contributed by atoms with Crippen LogP contribution in [-0.4, -0.2) is 43.6 Å². The predicted octanol–water partition coefficient (Wildman–Crippen LogP) is 7.86. The SMILES string of the molecule is C=C1N(c2ccc(N3CCN(c4ccc(CC[C@@H]5CCC(c6ccccc6)C5)cc4)CC3)cc2)C=NN1C(C)CC. The number of hydrazone groups is 1. The third kappa shape index (κ3) is 6.14. The van der Waals surface area contributed by atoms with Crippen LogP contribution >= 0.6 is 0 Å². The van der Waals surface area contributed by atoms with E-state index in [4.69, 9.17) is 0 Å². The quantitative estimate of drug-likeness (QED) is 0.272. The summed E-state index contributed by atoms with van der Waals surface area (Å²) >= 11 is 0. The molecule has 0 aromatic heterocycles. The number of nitrogens with zero attached hydrogens (tertiary/aromatic N) is 5. The van der Waals surface area contributed by atoms with E-state index in [0.717, 1.165) is 55.9 Å². The van der Waals surface area contributed by atoms with Crippen molar-refractivity contribution in [2.75, 3.05) is 40.9 Å². The maximum atomic E-state index is 4.56. The smallest absolute Gasteiger partial charge is 0.128 e. The van der Waals surface area contributed by atoms with Crippen molar-refractivity contribution >= 4 is 23.4 Å². The van der Waals surface area contributed by atoms with E-state index in [-0.39, 0.29) is 0 Å². The molecule has 2 heterocycles. The molecule has 0 N–H and O–H groups in total. The first-order valence-corrected chi connectivity index (χ1v) is 15.6. The molecule has 0 bridgehead atoms. The van der Waals surface area contributed by atoms with Crippen molar-refractivity contribution in [3.63, 3.8) is 0 Å². The molecule has 0 spiro atoms. The van der Waals surface area contributed by atoms with Crippen molar-refractivity contribution in [1.29, 1.82) is 0 Å². The summed E-state index contributed by atoms with van der Waals surface area (Å²) in [6.07, 6.45) is 9.51. The summed E-state index contributed by atoms with van der Waals surface area (Å²) in [6, 6.07) is 29.7. The molecular formula is C36H45N5. The number of piperazine rings is 1. The van der Waals surface area contributed by atoms with Gasteiger partial charge in [-0.1, -0.05) is 56.0 Å². The van der Waals surface area contributed by atoms with Gasteiger partial charge >= 0.3 is 0 Å². The predicted molar refractivity (Wildman–Crippen MR) is 174 cm³/mol. The Labute approximate surface area is 246 Å². The van der Waals surface area contributed by atoms with E-state index >= 15 is 0 Å². The Morgan fingerprint density at radius 1 is 0.805 bits per heavy atom. The minimum atomic E-state index is 0.348. The van der Waals surface area contributed by atoms with Gasteiger partial charge in [-0.25, -0.2) is 5.01 Å². The largest absolute Gasteiger partial charge is 0.368 e. The zero-order valence-corrected chi connectivity index (χ0v) is 24.8. The highest BCUT2D eigenvalue weighted by molar-refractivity contribution is 5.85. The maximum Gasteiger partial charge on any atom is 0.128 e. The highest BCUT2D eigenvalue weighted by atomic mass is 15.6. The van der Waals surface area contributed by atoms with Gasteiger partial charge in [-0.2, -0.15) is 5.10 Å². The summed E-state index contributed by atoms with van der Waals surface area (Å²) in [6.45, 7) is 12.8. The highest BCUT2D eigenvalue weighted by Gasteiger charge is 2.26. The number of benzene rings is 3. The van der Waals surface area contributed by atoms with Gasteiger partial charge in [0.2, 0.25) is 0 Å². The van der Waals surface area contributed by atoms with Gasteiger partial charge < -0.3 is 9.80 Å². The van der Waals surface area contributed by atoms with Crippen LogP contribution in [0.3, 0.4) is 0 Å². The molecule has 41 heavy (non-hydrogen) atoms. The molecule has 0 amide bonds. The van der Waals surface area contributed by atoms with E-state index in [1.54, 1.807) is 0 Å². The molecule has 3 aliphatic rings. The molecule has 3 atom stereocenters. The molecule has 2 unspecified atom stereocenters. The average Bonchev–Trinajstić information content (AvgIpc) is 3.67. The van der Waals surface area contributed by atoms with Crippen LogP contribution in [-0.2, 0) is 6.42 Å². The number of rotatable bonds is 9. The second kappa shape index (κ2) is 12.4. The van der Waals surface area contributed by atoms with Crippen LogP contribution in [0.25, 0.3) is 0 Å². The lowest BCUT2D eigenvalue weighted by Gasteiger charge is -2.37. The third-order valence-corrected chi connectivity index (χ3v) is 9.57. The highest BCUT2D eigenvalue weighted by Crippen LogP contribution is 2.40. The van der Waals surface area contributed by atoms with Crippen molar-refractivity contribution in [2.24, 2.45) is 11.0 Å². The van der Waals surface area contributed by atoms with Crippen LogP contribution in [0.15, 0.2) is 96.4 Å². The second-order valence-electron chi connectivity index (χ2n) is 12.1. The lowest BCUT2D eigenvalue weighted by Crippen LogP contribution is -2.46. The number of hydrogen-bond donors (Lipinski definition) is 0. The fourth-order valence-electron chi connectivity index (χ4n) is 6.76. The van der Waals surface area contributed by atoms with Gasteiger partial charge in [-0.3, -0.25) is 4.90 Å². The molecule has 5 nitrogen and oxygen atoms in total. The first-order valence-electron chi connectivity index (χ1n) is 15.6. The zero-order chi connectivity index (χ0) is 28.2. The molecule has 3 aromatic carbocycles. The number of anilines is 3. The number of hydrogen-bond acceptors (Lipinski definition) is 5. The Morgan fingerprint density at radius 2 is 1.41 bits per heavy atom. The van der Waals surface area contributed by atoms with Crippen molar-refractivity contribution in [1.82, 2.24) is 5.01 Å². The Hall–Kier alpha value is -3.73. The van der Waals surface area contributed by atoms with Gasteiger partial charge in [0.05, 0.1) is 6.04 Å². The second-order valence-corrected chi connectivity index (χ2v) is 12.1. The van der Waals surface area contributed by atoms with Crippen LogP contribution in [0.1, 0.15) is 63.0 Å². The molecule has 5 heteroatoms. The normalized spacial score (nSPS) is 21.7. The van der Waals surface area contributed by atoms with E-state index < -0.39 is 0 Å². The summed E-state index contributed by atoms with van der Waals surface area (Å²) in [5.74, 6) is 2.55. The van der Waals surface area contributed by atoms with Crippen LogP contribution < -0.4 is 14.7 Å². The maximum absolute atomic E-state index is 4.56. The van der Waals surface area contributed by atoms with Crippen molar-refractivity contribution < 1.29 is 0 Å². The van der Waals surface area contributed by atoms with Crippen LogP contribution in [0, 0.1) is 5.92 Å². The molecule has 2 aliphatic heterocycles. The van der Waals surface area contributed by atoms with Crippen LogP contribution in [0.5, 0.6) is 0 Å². The molecule has 3 aromatic rings. The zero-order valence-electron chi connectivity index (χ0n) is 24.8. The van der Waals surface area contributed by atoms with Gasteiger partial charge in [0.25, 0.3) is 0 Å². The topological polar surface area (TPSA) is 25.3 Å². The lowest BCUT2D eigenvalue weighted by molar-refractivity contribution is 0.286. The summed E-state index contributed by atoms with van der Waals surface area (Å²) in [4.78, 5) is 7.11. The minimum absolute atomic E-state index is 0.348. The first-order chi connectivity index (χ1) is 20.1. The summed E-state index contributed by atoms with van der Waals surface area (Å²) < 4.78 is 0. The molecule has 2 fully saturated rings. The van der Waals surface area contributed by atoms with E-state index in [1.807, 2.05) is 11.3 Å². The molecule has 6 rings (SSSR count). The molecular weight excluding hydrogens is 502 g/mol. The van der Waals surface area contributed by atoms with E-state index in [0.29, 0.717) is 6.04 Å². The molecule has 0 radical (unpaired) electrons. The summed E-state index contributed by atoms with van der Waals surface area (Å²) in [5.41, 5.74) is 6.76. The van der Waals surface area contributed by atoms with Gasteiger partial charge in [0.1, 0.15) is 12.2 Å². The molecule has 214 valence electrons. The van der Waals surface area contributed by atoms with Crippen molar-refractivity contribution in [3.05, 3.63) is 102 Å². The van der Waals surface area contributed by atoms with E-state index in [2.05, 4.69) is 119 Å². The van der Waals surface area contributed by atoms with E-state index in [9.17, 15) is 0 Å². The lowest BCUT2D eigenvalue weighted by atomic mass is 9.93. The van der Waals surface area contributed by atoms with Crippen molar-refractivity contribution in [3.8, 4) is 0 Å². The van der Waals surface area contributed by atoms with Gasteiger partial charge in [0.15, 0.2) is 0 Å². The Balaban J connectivity index is 0.964. The first kappa shape index (κ1) is 27.4. The third-order valence-electron chi connectivity index (χ3n) is 9.57. The van der Waals surface area contributed by atoms with Gasteiger partial charge in [-0.05, 0) is 105 Å². The number of aryl methyl sites for hydroxylation is 1. The summed E-state index contributed by atoms with van der Waals surface area (Å²) in [5, 5.41) is 6.57. The molecule has 1 aliphatic carbocycles. The Bertz CT molecular complexity index is 1310. The Kier molecular flexibility index (Phi) is 8.31. The fraction of sp³-hybridized carbons (Fsp3) is 0.417. The average molecular weight is 548 g/mol.